The van der Waals surface area contributed by atoms with E-state index >= 15 is 0 Å². The summed E-state index contributed by atoms with van der Waals surface area (Å²) < 4.78 is 5.95. The van der Waals surface area contributed by atoms with Crippen molar-refractivity contribution in [1.82, 2.24) is 15.6 Å². The normalized spacial score (nSPS) is 11.6. The van der Waals surface area contributed by atoms with E-state index in [0.29, 0.717) is 19.6 Å². The Morgan fingerprint density at radius 1 is 1.33 bits per heavy atom. The molecule has 0 aliphatic carbocycles. The fraction of sp³-hybridized carbons (Fsp3) is 0.467. The average molecular weight is 356 g/mol. The molecule has 0 unspecified atom stereocenters. The van der Waals surface area contributed by atoms with E-state index in [1.807, 2.05) is 51.1 Å². The number of amides is 1. The average Bonchev–Trinajstić information content (AvgIpc) is 2.35. The highest BCUT2D eigenvalue weighted by molar-refractivity contribution is 9.10. The van der Waals surface area contributed by atoms with Gasteiger partial charge in [0, 0.05) is 19.6 Å². The molecule has 0 bridgehead atoms. The summed E-state index contributed by atoms with van der Waals surface area (Å²) in [6, 6.07) is 5.81. The molecule has 1 rings (SSSR count). The molecule has 0 aliphatic heterocycles. The van der Waals surface area contributed by atoms with Crippen LogP contribution in [0.15, 0.2) is 35.0 Å². The van der Waals surface area contributed by atoms with Gasteiger partial charge in [0.15, 0.2) is 0 Å². The van der Waals surface area contributed by atoms with Gasteiger partial charge < -0.3 is 15.4 Å². The molecule has 0 fully saturated rings. The standard InChI is InChI=1S/C15H22BrN3O2/c1-15(2,3)21-14(20)18-10-5-4-9-17-11-12-7-6-8-13(16)19-12/h4-8,17H,9-11H2,1-3H3,(H,18,20)/b5-4+. The van der Waals surface area contributed by atoms with E-state index in [1.165, 1.54) is 0 Å². The van der Waals surface area contributed by atoms with Gasteiger partial charge in [0.25, 0.3) is 0 Å². The van der Waals surface area contributed by atoms with Crippen LogP contribution < -0.4 is 10.6 Å². The number of alkyl carbamates (subject to hydrolysis) is 1. The van der Waals surface area contributed by atoms with Gasteiger partial charge in [-0.3, -0.25) is 0 Å². The number of ether oxygens (including phenoxy) is 1. The third-order valence-electron chi connectivity index (χ3n) is 2.27. The summed E-state index contributed by atoms with van der Waals surface area (Å²) in [5.41, 5.74) is 0.511. The molecule has 1 amide bonds. The number of nitrogens with one attached hydrogen (secondary N) is 2. The Morgan fingerprint density at radius 3 is 2.71 bits per heavy atom. The summed E-state index contributed by atoms with van der Waals surface area (Å²) in [7, 11) is 0. The van der Waals surface area contributed by atoms with Gasteiger partial charge in [-0.1, -0.05) is 18.2 Å². The van der Waals surface area contributed by atoms with E-state index in [2.05, 4.69) is 31.5 Å². The molecule has 0 aromatic carbocycles. The number of halogens is 1. The first-order chi connectivity index (χ1) is 9.87. The maximum atomic E-state index is 11.4. The number of rotatable bonds is 6. The highest BCUT2D eigenvalue weighted by Gasteiger charge is 2.14. The Hall–Kier alpha value is -1.40. The summed E-state index contributed by atoms with van der Waals surface area (Å²) in [4.78, 5) is 15.7. The topological polar surface area (TPSA) is 63.2 Å². The van der Waals surface area contributed by atoms with Crippen molar-refractivity contribution in [3.63, 3.8) is 0 Å². The quantitative estimate of drug-likeness (QED) is 0.467. The zero-order chi connectivity index (χ0) is 15.7. The van der Waals surface area contributed by atoms with Crippen molar-refractivity contribution >= 4 is 22.0 Å². The minimum atomic E-state index is -0.466. The van der Waals surface area contributed by atoms with Gasteiger partial charge >= 0.3 is 6.09 Å². The molecule has 2 N–H and O–H groups in total. The maximum Gasteiger partial charge on any atom is 0.407 e. The van der Waals surface area contributed by atoms with E-state index in [0.717, 1.165) is 10.3 Å². The molecular formula is C15H22BrN3O2. The lowest BCUT2D eigenvalue weighted by Gasteiger charge is -2.19. The molecule has 0 saturated carbocycles. The molecule has 0 atom stereocenters. The zero-order valence-electron chi connectivity index (χ0n) is 12.6. The van der Waals surface area contributed by atoms with Crippen LogP contribution in [0.25, 0.3) is 0 Å². The van der Waals surface area contributed by atoms with Gasteiger partial charge in [0.2, 0.25) is 0 Å². The zero-order valence-corrected chi connectivity index (χ0v) is 14.2. The Labute approximate surface area is 134 Å². The van der Waals surface area contributed by atoms with Crippen molar-refractivity contribution < 1.29 is 9.53 Å². The molecule has 1 aromatic rings. The molecule has 21 heavy (non-hydrogen) atoms. The van der Waals surface area contributed by atoms with Crippen molar-refractivity contribution in [2.75, 3.05) is 13.1 Å². The first kappa shape index (κ1) is 17.7. The molecule has 0 aliphatic rings. The van der Waals surface area contributed by atoms with Crippen LogP contribution in [-0.2, 0) is 11.3 Å². The van der Waals surface area contributed by atoms with Crippen LogP contribution in [0.2, 0.25) is 0 Å². The third kappa shape index (κ3) is 9.20. The highest BCUT2D eigenvalue weighted by Crippen LogP contribution is 2.06. The van der Waals surface area contributed by atoms with Crippen LogP contribution in [-0.4, -0.2) is 29.8 Å². The number of nitrogens with zero attached hydrogens (tertiary/aromatic N) is 1. The van der Waals surface area contributed by atoms with Crippen molar-refractivity contribution in [2.45, 2.75) is 32.9 Å². The van der Waals surface area contributed by atoms with Crippen LogP contribution in [0.3, 0.4) is 0 Å². The Bertz CT molecular complexity index is 484. The molecular weight excluding hydrogens is 334 g/mol. The fourth-order valence-corrected chi connectivity index (χ4v) is 1.84. The molecule has 1 heterocycles. The Morgan fingerprint density at radius 2 is 2.05 bits per heavy atom. The molecule has 0 spiro atoms. The van der Waals surface area contributed by atoms with E-state index in [-0.39, 0.29) is 0 Å². The number of pyridine rings is 1. The van der Waals surface area contributed by atoms with Gasteiger partial charge in [-0.15, -0.1) is 0 Å². The second-order valence-electron chi connectivity index (χ2n) is 5.44. The molecule has 0 radical (unpaired) electrons. The fourth-order valence-electron chi connectivity index (χ4n) is 1.46. The van der Waals surface area contributed by atoms with Crippen LogP contribution in [0.5, 0.6) is 0 Å². The first-order valence-corrected chi connectivity index (χ1v) is 7.60. The smallest absolute Gasteiger partial charge is 0.407 e. The SMILES string of the molecule is CC(C)(C)OC(=O)NC/C=C/CNCc1cccc(Br)n1. The predicted octanol–water partition coefficient (Wildman–Crippen LogP) is 3.01. The number of aromatic nitrogens is 1. The second kappa shape index (κ2) is 8.79. The largest absolute Gasteiger partial charge is 0.444 e. The van der Waals surface area contributed by atoms with Crippen molar-refractivity contribution in [3.8, 4) is 0 Å². The van der Waals surface area contributed by atoms with E-state index in [4.69, 9.17) is 4.74 Å². The molecule has 0 saturated heterocycles. The monoisotopic (exact) mass is 355 g/mol. The predicted molar refractivity (Wildman–Crippen MR) is 87.0 cm³/mol. The summed E-state index contributed by atoms with van der Waals surface area (Å²) in [5.74, 6) is 0. The molecule has 116 valence electrons. The van der Waals surface area contributed by atoms with Crippen molar-refractivity contribution in [3.05, 3.63) is 40.6 Å². The summed E-state index contributed by atoms with van der Waals surface area (Å²) in [6.45, 7) is 7.37. The molecule has 6 heteroatoms. The lowest BCUT2D eigenvalue weighted by Crippen LogP contribution is -2.32. The van der Waals surface area contributed by atoms with E-state index in [9.17, 15) is 4.79 Å². The van der Waals surface area contributed by atoms with Gasteiger partial charge in [0.05, 0.1) is 5.69 Å². The summed E-state index contributed by atoms with van der Waals surface area (Å²) >= 11 is 3.33. The van der Waals surface area contributed by atoms with Gasteiger partial charge in [0.1, 0.15) is 10.2 Å². The van der Waals surface area contributed by atoms with Crippen molar-refractivity contribution in [2.24, 2.45) is 0 Å². The van der Waals surface area contributed by atoms with Crippen molar-refractivity contribution in [1.29, 1.82) is 0 Å². The second-order valence-corrected chi connectivity index (χ2v) is 6.25. The minimum absolute atomic E-state index is 0.404. The number of hydrogen-bond acceptors (Lipinski definition) is 4. The van der Waals surface area contributed by atoms with E-state index < -0.39 is 11.7 Å². The first-order valence-electron chi connectivity index (χ1n) is 6.81. The number of carbonyl (C=O) groups is 1. The maximum absolute atomic E-state index is 11.4. The molecule has 5 nitrogen and oxygen atoms in total. The number of carbonyl (C=O) groups excluding carboxylic acids is 1. The third-order valence-corrected chi connectivity index (χ3v) is 2.71. The van der Waals surface area contributed by atoms with Crippen LogP contribution in [0.4, 0.5) is 4.79 Å². The highest BCUT2D eigenvalue weighted by atomic mass is 79.9. The van der Waals surface area contributed by atoms with Gasteiger partial charge in [-0.25, -0.2) is 9.78 Å². The lowest BCUT2D eigenvalue weighted by atomic mass is 10.2. The lowest BCUT2D eigenvalue weighted by molar-refractivity contribution is 0.0534. The van der Waals surface area contributed by atoms with Crippen LogP contribution in [0.1, 0.15) is 26.5 Å². The van der Waals surface area contributed by atoms with Crippen LogP contribution >= 0.6 is 15.9 Å². The number of hydrogen-bond donors (Lipinski definition) is 2. The molecule has 1 aromatic heterocycles. The van der Waals surface area contributed by atoms with Crippen LogP contribution in [0, 0.1) is 0 Å². The minimum Gasteiger partial charge on any atom is -0.444 e. The summed E-state index contributed by atoms with van der Waals surface area (Å²) in [6.07, 6.45) is 3.43. The Kier molecular flexibility index (Phi) is 7.39. The van der Waals surface area contributed by atoms with Gasteiger partial charge in [-0.2, -0.15) is 0 Å². The van der Waals surface area contributed by atoms with E-state index in [1.54, 1.807) is 0 Å². The Balaban J connectivity index is 2.12. The van der Waals surface area contributed by atoms with Gasteiger partial charge in [-0.05, 0) is 48.8 Å². The summed E-state index contributed by atoms with van der Waals surface area (Å²) in [5, 5.41) is 5.90.